The first kappa shape index (κ1) is 12.5. The smallest absolute Gasteiger partial charge is 0.354 e. The van der Waals surface area contributed by atoms with Gasteiger partial charge in [0.05, 0.1) is 0 Å². The van der Waals surface area contributed by atoms with Crippen molar-refractivity contribution in [2.24, 2.45) is 0 Å². The van der Waals surface area contributed by atoms with E-state index < -0.39 is 5.97 Å². The van der Waals surface area contributed by atoms with Gasteiger partial charge >= 0.3 is 5.97 Å². The lowest BCUT2D eigenvalue weighted by molar-refractivity contribution is 0.0690. The Kier molecular flexibility index (Phi) is 3.28. The lowest BCUT2D eigenvalue weighted by Gasteiger charge is -2.17. The molecule has 2 aromatic rings. The molecule has 2 aromatic heterocycles. The predicted octanol–water partition coefficient (Wildman–Crippen LogP) is 1.84. The van der Waals surface area contributed by atoms with Gasteiger partial charge in [0.25, 0.3) is 0 Å². The summed E-state index contributed by atoms with van der Waals surface area (Å²) < 4.78 is 0. The summed E-state index contributed by atoms with van der Waals surface area (Å²) in [4.78, 5) is 25.9. The van der Waals surface area contributed by atoms with Gasteiger partial charge in [-0.1, -0.05) is 0 Å². The summed E-state index contributed by atoms with van der Waals surface area (Å²) in [5.41, 5.74) is 0.733. The highest BCUT2D eigenvalue weighted by Crippen LogP contribution is 2.22. The average Bonchev–Trinajstić information content (AvgIpc) is 3.02. The molecule has 102 valence electrons. The van der Waals surface area contributed by atoms with Gasteiger partial charge in [-0.15, -0.1) is 0 Å². The van der Waals surface area contributed by atoms with Gasteiger partial charge in [-0.25, -0.2) is 14.8 Å². The average molecular weight is 270 g/mol. The van der Waals surface area contributed by atoms with Crippen molar-refractivity contribution >= 4 is 11.8 Å². The van der Waals surface area contributed by atoms with Gasteiger partial charge < -0.3 is 10.0 Å². The number of carboxylic acid groups (broad SMARTS) is 1. The number of carbonyl (C=O) groups is 1. The molecule has 1 N–H and O–H groups in total. The molecule has 3 heterocycles. The zero-order valence-corrected chi connectivity index (χ0v) is 10.9. The molecule has 1 aliphatic heterocycles. The molecule has 0 bridgehead atoms. The highest BCUT2D eigenvalue weighted by Gasteiger charge is 2.18. The highest BCUT2D eigenvalue weighted by molar-refractivity contribution is 5.87. The molecule has 0 saturated carbocycles. The van der Waals surface area contributed by atoms with Crippen LogP contribution in [-0.2, 0) is 0 Å². The molecule has 1 fully saturated rings. The Bertz CT molecular complexity index is 624. The number of hydrogen-bond donors (Lipinski definition) is 1. The zero-order chi connectivity index (χ0) is 13.9. The number of nitrogens with zero attached hydrogens (tertiary/aromatic N) is 4. The van der Waals surface area contributed by atoms with Crippen molar-refractivity contribution in [1.29, 1.82) is 0 Å². The second kappa shape index (κ2) is 5.24. The molecule has 20 heavy (non-hydrogen) atoms. The van der Waals surface area contributed by atoms with Crippen LogP contribution >= 0.6 is 0 Å². The maximum Gasteiger partial charge on any atom is 0.354 e. The van der Waals surface area contributed by atoms with Crippen LogP contribution in [0.4, 0.5) is 5.82 Å². The molecule has 6 nitrogen and oxygen atoms in total. The van der Waals surface area contributed by atoms with Crippen LogP contribution in [0.5, 0.6) is 0 Å². The van der Waals surface area contributed by atoms with E-state index in [0.29, 0.717) is 11.6 Å². The quantitative estimate of drug-likeness (QED) is 0.916. The fourth-order valence-corrected chi connectivity index (χ4v) is 2.28. The summed E-state index contributed by atoms with van der Waals surface area (Å²) in [6.07, 6.45) is 5.50. The molecule has 0 aliphatic carbocycles. The lowest BCUT2D eigenvalue weighted by Crippen LogP contribution is -2.20. The minimum atomic E-state index is -1.04. The molecule has 0 spiro atoms. The molecule has 0 amide bonds. The first-order valence-electron chi connectivity index (χ1n) is 6.52. The summed E-state index contributed by atoms with van der Waals surface area (Å²) in [6.45, 7) is 1.81. The van der Waals surface area contributed by atoms with Crippen molar-refractivity contribution in [2.45, 2.75) is 12.8 Å². The molecular formula is C14H14N4O2. The van der Waals surface area contributed by atoms with Crippen LogP contribution in [0.3, 0.4) is 0 Å². The summed E-state index contributed by atoms with van der Waals surface area (Å²) in [5, 5.41) is 9.20. The fraction of sp³-hybridized carbons (Fsp3) is 0.286. The van der Waals surface area contributed by atoms with Gasteiger partial charge in [0.15, 0.2) is 11.5 Å². The standard InChI is InChI=1S/C14H14N4O2/c19-14(20)11-8-12(18-6-1-2-7-18)17-13(16-11)10-4-3-5-15-9-10/h3-5,8-9H,1-2,6-7H2,(H,19,20). The van der Waals surface area contributed by atoms with Gasteiger partial charge in [-0.05, 0) is 25.0 Å². The largest absolute Gasteiger partial charge is 0.477 e. The number of hydrogen-bond acceptors (Lipinski definition) is 5. The van der Waals surface area contributed by atoms with E-state index in [2.05, 4.69) is 19.9 Å². The van der Waals surface area contributed by atoms with Crippen molar-refractivity contribution in [3.05, 3.63) is 36.3 Å². The Labute approximate surface area is 116 Å². The number of pyridine rings is 1. The number of anilines is 1. The first-order chi connectivity index (χ1) is 9.74. The van der Waals surface area contributed by atoms with Crippen molar-refractivity contribution < 1.29 is 9.90 Å². The Morgan fingerprint density at radius 2 is 2.05 bits per heavy atom. The Balaban J connectivity index is 2.07. The minimum Gasteiger partial charge on any atom is -0.477 e. The van der Waals surface area contributed by atoms with E-state index >= 15 is 0 Å². The minimum absolute atomic E-state index is 0.0146. The number of aromatic carboxylic acids is 1. The molecule has 1 saturated heterocycles. The van der Waals surface area contributed by atoms with E-state index in [-0.39, 0.29) is 5.69 Å². The van der Waals surface area contributed by atoms with Crippen molar-refractivity contribution in [2.75, 3.05) is 18.0 Å². The number of aromatic nitrogens is 3. The van der Waals surface area contributed by atoms with Crippen LogP contribution in [0.25, 0.3) is 11.4 Å². The normalized spacial score (nSPS) is 14.5. The van der Waals surface area contributed by atoms with E-state index in [4.69, 9.17) is 0 Å². The number of carboxylic acids is 1. The molecule has 0 radical (unpaired) electrons. The van der Waals surface area contributed by atoms with Gasteiger partial charge in [-0.3, -0.25) is 4.98 Å². The van der Waals surface area contributed by atoms with Gasteiger partial charge in [-0.2, -0.15) is 0 Å². The molecule has 0 unspecified atom stereocenters. The highest BCUT2D eigenvalue weighted by atomic mass is 16.4. The predicted molar refractivity (Wildman–Crippen MR) is 73.7 cm³/mol. The zero-order valence-electron chi connectivity index (χ0n) is 10.9. The van der Waals surface area contributed by atoms with Crippen LogP contribution < -0.4 is 4.90 Å². The van der Waals surface area contributed by atoms with Gasteiger partial charge in [0, 0.05) is 37.1 Å². The Morgan fingerprint density at radius 3 is 2.70 bits per heavy atom. The van der Waals surface area contributed by atoms with Crippen LogP contribution in [0, 0.1) is 0 Å². The van der Waals surface area contributed by atoms with Crippen LogP contribution in [0.2, 0.25) is 0 Å². The lowest BCUT2D eigenvalue weighted by atomic mass is 10.2. The first-order valence-corrected chi connectivity index (χ1v) is 6.52. The maximum atomic E-state index is 11.2. The third-order valence-electron chi connectivity index (χ3n) is 3.28. The Morgan fingerprint density at radius 1 is 1.25 bits per heavy atom. The summed E-state index contributed by atoms with van der Waals surface area (Å²) in [7, 11) is 0. The van der Waals surface area contributed by atoms with Gasteiger partial charge in [0.1, 0.15) is 5.82 Å². The fourth-order valence-electron chi connectivity index (χ4n) is 2.28. The summed E-state index contributed by atoms with van der Waals surface area (Å²) in [6, 6.07) is 5.14. The van der Waals surface area contributed by atoms with E-state index in [1.54, 1.807) is 18.5 Å². The number of rotatable bonds is 3. The SMILES string of the molecule is O=C(O)c1cc(N2CCCC2)nc(-c2cccnc2)n1. The van der Waals surface area contributed by atoms with Crippen molar-refractivity contribution in [1.82, 2.24) is 15.0 Å². The molecule has 0 aromatic carbocycles. The van der Waals surface area contributed by atoms with E-state index in [9.17, 15) is 9.90 Å². The summed E-state index contributed by atoms with van der Waals surface area (Å²) >= 11 is 0. The second-order valence-electron chi connectivity index (χ2n) is 4.68. The molecular weight excluding hydrogens is 256 g/mol. The molecule has 1 aliphatic rings. The van der Waals surface area contributed by atoms with Crippen LogP contribution in [-0.4, -0.2) is 39.1 Å². The van der Waals surface area contributed by atoms with Crippen molar-refractivity contribution in [3.63, 3.8) is 0 Å². The second-order valence-corrected chi connectivity index (χ2v) is 4.68. The Hall–Kier alpha value is -2.50. The van der Waals surface area contributed by atoms with E-state index in [1.807, 2.05) is 6.07 Å². The van der Waals surface area contributed by atoms with Crippen molar-refractivity contribution in [3.8, 4) is 11.4 Å². The van der Waals surface area contributed by atoms with E-state index in [0.717, 1.165) is 31.5 Å². The molecule has 6 heteroatoms. The van der Waals surface area contributed by atoms with Crippen LogP contribution in [0.15, 0.2) is 30.6 Å². The maximum absolute atomic E-state index is 11.2. The van der Waals surface area contributed by atoms with Gasteiger partial charge in [0.2, 0.25) is 0 Å². The third kappa shape index (κ3) is 2.45. The van der Waals surface area contributed by atoms with E-state index in [1.165, 1.54) is 6.07 Å². The summed E-state index contributed by atoms with van der Waals surface area (Å²) in [5.74, 6) is 0.0339. The van der Waals surface area contributed by atoms with Crippen LogP contribution in [0.1, 0.15) is 23.3 Å². The molecule has 0 atom stereocenters. The monoisotopic (exact) mass is 270 g/mol. The topological polar surface area (TPSA) is 79.2 Å². The molecule has 3 rings (SSSR count). The third-order valence-corrected chi connectivity index (χ3v) is 3.28.